The molecule has 2 N–H and O–H groups in total. The first-order chi connectivity index (χ1) is 14.1. The molecule has 0 aromatic heterocycles. The Hall–Kier alpha value is -2.33. The molecule has 0 bridgehead atoms. The molecule has 1 saturated heterocycles. The second-order valence-electron chi connectivity index (χ2n) is 9.94. The molecule has 4 heteroatoms. The molecule has 1 amide bonds. The van der Waals surface area contributed by atoms with E-state index in [0.29, 0.717) is 11.5 Å². The van der Waals surface area contributed by atoms with Crippen LogP contribution in [-0.2, 0) is 0 Å². The van der Waals surface area contributed by atoms with Crippen molar-refractivity contribution in [2.45, 2.75) is 83.8 Å². The van der Waals surface area contributed by atoms with Crippen LogP contribution in [0.4, 0.5) is 0 Å². The van der Waals surface area contributed by atoms with Crippen LogP contribution in [0.25, 0.3) is 0 Å². The molecule has 1 heterocycles. The maximum absolute atomic E-state index is 12.8. The van der Waals surface area contributed by atoms with E-state index in [1.165, 1.54) is 5.56 Å². The Morgan fingerprint density at radius 2 is 1.67 bits per heavy atom. The number of hydrogen-bond acceptors (Lipinski definition) is 3. The number of piperidine rings is 1. The van der Waals surface area contributed by atoms with Crippen LogP contribution in [0, 0.1) is 0 Å². The average Bonchev–Trinajstić information content (AvgIpc) is 2.66. The van der Waals surface area contributed by atoms with E-state index in [0.717, 1.165) is 30.8 Å². The Kier molecular flexibility index (Phi) is 6.56. The third-order valence-corrected chi connectivity index (χ3v) is 5.93. The number of para-hydroxylation sites is 1. The topological polar surface area (TPSA) is 50.4 Å². The largest absolute Gasteiger partial charge is 0.457 e. The molecule has 1 fully saturated rings. The molecule has 1 aliphatic heterocycles. The van der Waals surface area contributed by atoms with Crippen molar-refractivity contribution in [3.8, 4) is 11.5 Å². The molecule has 4 nitrogen and oxygen atoms in total. The molecule has 30 heavy (non-hydrogen) atoms. The lowest BCUT2D eigenvalue weighted by Gasteiger charge is -2.46. The van der Waals surface area contributed by atoms with Gasteiger partial charge < -0.3 is 15.4 Å². The SMILES string of the molecule is CCC(C)c1ccccc1Oc1ccc(C(=O)NC2CC(C)(C)NC(C)(C)C2)cc1. The van der Waals surface area contributed by atoms with Gasteiger partial charge in [-0.15, -0.1) is 0 Å². The number of carbonyl (C=O) groups excluding carboxylic acids is 1. The highest BCUT2D eigenvalue weighted by molar-refractivity contribution is 5.94. The van der Waals surface area contributed by atoms with Crippen LogP contribution in [0.1, 0.15) is 82.6 Å². The number of nitrogens with one attached hydrogen (secondary N) is 2. The highest BCUT2D eigenvalue weighted by Crippen LogP contribution is 2.32. The summed E-state index contributed by atoms with van der Waals surface area (Å²) in [7, 11) is 0. The Morgan fingerprint density at radius 1 is 1.07 bits per heavy atom. The fraction of sp³-hybridized carbons (Fsp3) is 0.500. The van der Waals surface area contributed by atoms with E-state index >= 15 is 0 Å². The molecular weight excluding hydrogens is 372 g/mol. The lowest BCUT2D eigenvalue weighted by Crippen LogP contribution is -2.62. The summed E-state index contributed by atoms with van der Waals surface area (Å²) in [4.78, 5) is 12.8. The van der Waals surface area contributed by atoms with Gasteiger partial charge in [-0.3, -0.25) is 4.79 Å². The van der Waals surface area contributed by atoms with Crippen molar-refractivity contribution in [1.29, 1.82) is 0 Å². The summed E-state index contributed by atoms with van der Waals surface area (Å²) < 4.78 is 6.13. The van der Waals surface area contributed by atoms with Crippen molar-refractivity contribution in [3.05, 3.63) is 59.7 Å². The van der Waals surface area contributed by atoms with E-state index < -0.39 is 0 Å². The van der Waals surface area contributed by atoms with E-state index in [1.807, 2.05) is 42.5 Å². The molecule has 0 saturated carbocycles. The van der Waals surface area contributed by atoms with Crippen LogP contribution in [0.3, 0.4) is 0 Å². The third-order valence-electron chi connectivity index (χ3n) is 5.93. The van der Waals surface area contributed by atoms with Crippen LogP contribution < -0.4 is 15.4 Å². The van der Waals surface area contributed by atoms with Crippen molar-refractivity contribution in [2.75, 3.05) is 0 Å². The number of rotatable bonds is 6. The van der Waals surface area contributed by atoms with E-state index in [2.05, 4.69) is 58.2 Å². The zero-order chi connectivity index (χ0) is 21.9. The Balaban J connectivity index is 1.67. The van der Waals surface area contributed by atoms with Gasteiger partial charge in [-0.1, -0.05) is 32.0 Å². The van der Waals surface area contributed by atoms with Crippen LogP contribution in [0.5, 0.6) is 11.5 Å². The molecule has 0 aliphatic carbocycles. The van der Waals surface area contributed by atoms with E-state index in [1.54, 1.807) is 0 Å². The van der Waals surface area contributed by atoms with Crippen LogP contribution >= 0.6 is 0 Å². The molecule has 1 aliphatic rings. The van der Waals surface area contributed by atoms with Crippen LogP contribution in [0.15, 0.2) is 48.5 Å². The molecule has 162 valence electrons. The lowest BCUT2D eigenvalue weighted by atomic mass is 9.79. The minimum Gasteiger partial charge on any atom is -0.457 e. The number of amides is 1. The normalized spacial score (nSPS) is 19.1. The third kappa shape index (κ3) is 5.63. The lowest BCUT2D eigenvalue weighted by molar-refractivity contribution is 0.0873. The summed E-state index contributed by atoms with van der Waals surface area (Å²) >= 11 is 0. The molecule has 3 rings (SSSR count). The van der Waals surface area contributed by atoms with Crippen molar-refractivity contribution in [3.63, 3.8) is 0 Å². The van der Waals surface area contributed by atoms with Gasteiger partial charge >= 0.3 is 0 Å². The predicted octanol–water partition coefficient (Wildman–Crippen LogP) is 6.03. The minimum atomic E-state index is -0.0277. The van der Waals surface area contributed by atoms with Gasteiger partial charge in [0.15, 0.2) is 0 Å². The molecule has 0 radical (unpaired) electrons. The second-order valence-corrected chi connectivity index (χ2v) is 9.94. The number of ether oxygens (including phenoxy) is 1. The first-order valence-corrected chi connectivity index (χ1v) is 11.1. The van der Waals surface area contributed by atoms with Crippen molar-refractivity contribution >= 4 is 5.91 Å². The Morgan fingerprint density at radius 3 is 2.27 bits per heavy atom. The van der Waals surface area contributed by atoms with Crippen LogP contribution in [-0.4, -0.2) is 23.0 Å². The Labute approximate surface area is 181 Å². The zero-order valence-corrected chi connectivity index (χ0v) is 19.2. The van der Waals surface area contributed by atoms with Crippen molar-refractivity contribution in [2.24, 2.45) is 0 Å². The molecule has 1 unspecified atom stereocenters. The fourth-order valence-corrected chi connectivity index (χ4v) is 4.69. The van der Waals surface area contributed by atoms with Gasteiger partial charge in [0.1, 0.15) is 11.5 Å². The summed E-state index contributed by atoms with van der Waals surface area (Å²) in [6, 6.07) is 15.7. The molecule has 2 aromatic carbocycles. The molecule has 1 atom stereocenters. The van der Waals surface area contributed by atoms with E-state index in [9.17, 15) is 4.79 Å². The van der Waals surface area contributed by atoms with E-state index in [-0.39, 0.29) is 23.0 Å². The maximum atomic E-state index is 12.8. The second kappa shape index (κ2) is 8.81. The van der Waals surface area contributed by atoms with Gasteiger partial charge in [-0.2, -0.15) is 0 Å². The summed E-state index contributed by atoms with van der Waals surface area (Å²) in [5, 5.41) is 6.88. The summed E-state index contributed by atoms with van der Waals surface area (Å²) in [5.41, 5.74) is 1.87. The maximum Gasteiger partial charge on any atom is 0.251 e. The highest BCUT2D eigenvalue weighted by Gasteiger charge is 2.38. The van der Waals surface area contributed by atoms with Gasteiger partial charge in [0, 0.05) is 22.7 Å². The number of carbonyl (C=O) groups is 1. The molecule has 2 aromatic rings. The number of hydrogen-bond donors (Lipinski definition) is 2. The first-order valence-electron chi connectivity index (χ1n) is 11.1. The summed E-state index contributed by atoms with van der Waals surface area (Å²) in [5.74, 6) is 2.03. The van der Waals surface area contributed by atoms with Gasteiger partial charge in [-0.05, 0) is 88.8 Å². The standard InChI is InChI=1S/C26H36N2O2/c1-7-18(2)22-10-8-9-11-23(22)30-21-14-12-19(13-15-21)24(29)27-20-16-25(3,4)28-26(5,6)17-20/h8-15,18,20,28H,7,16-17H2,1-6H3,(H,27,29). The van der Waals surface area contributed by atoms with E-state index in [4.69, 9.17) is 4.74 Å². The number of benzene rings is 2. The highest BCUT2D eigenvalue weighted by atomic mass is 16.5. The summed E-state index contributed by atoms with van der Waals surface area (Å²) in [6.07, 6.45) is 2.88. The van der Waals surface area contributed by atoms with Gasteiger partial charge in [0.25, 0.3) is 5.91 Å². The molecule has 0 spiro atoms. The predicted molar refractivity (Wildman–Crippen MR) is 123 cm³/mol. The van der Waals surface area contributed by atoms with Gasteiger partial charge in [0.05, 0.1) is 0 Å². The first kappa shape index (κ1) is 22.4. The van der Waals surface area contributed by atoms with Gasteiger partial charge in [0.2, 0.25) is 0 Å². The zero-order valence-electron chi connectivity index (χ0n) is 19.2. The smallest absolute Gasteiger partial charge is 0.251 e. The van der Waals surface area contributed by atoms with Crippen LogP contribution in [0.2, 0.25) is 0 Å². The quantitative estimate of drug-likeness (QED) is 0.613. The fourth-order valence-electron chi connectivity index (χ4n) is 4.69. The average molecular weight is 409 g/mol. The monoisotopic (exact) mass is 408 g/mol. The van der Waals surface area contributed by atoms with Crippen molar-refractivity contribution in [1.82, 2.24) is 10.6 Å². The molecular formula is C26H36N2O2. The van der Waals surface area contributed by atoms with Crippen molar-refractivity contribution < 1.29 is 9.53 Å². The Bertz CT molecular complexity index is 855. The minimum absolute atomic E-state index is 0.000408. The summed E-state index contributed by atoms with van der Waals surface area (Å²) in [6.45, 7) is 13.2. The van der Waals surface area contributed by atoms with Gasteiger partial charge in [-0.25, -0.2) is 0 Å².